The molecule has 0 atom stereocenters. The van der Waals surface area contributed by atoms with Gasteiger partial charge in [-0.3, -0.25) is 4.79 Å². The van der Waals surface area contributed by atoms with E-state index in [0.717, 1.165) is 0 Å². The first-order valence-corrected chi connectivity index (χ1v) is 7.98. The van der Waals surface area contributed by atoms with Crippen LogP contribution in [0.5, 0.6) is 0 Å². The highest BCUT2D eigenvalue weighted by Crippen LogP contribution is 2.34. The van der Waals surface area contributed by atoms with Gasteiger partial charge in [-0.25, -0.2) is 9.37 Å². The standard InChI is InChI=1S/C18H12FN3OS/c19-14-8-6-12(7-9-14)16-18(24-15(21-16)10-11-20)22-17(23)13-4-2-1-3-5-13/h1-9H,10H2,(H,22,23). The molecule has 0 unspecified atom stereocenters. The van der Waals surface area contributed by atoms with Gasteiger partial charge in [0.05, 0.1) is 12.5 Å². The van der Waals surface area contributed by atoms with Crippen LogP contribution in [-0.2, 0) is 6.42 Å². The van der Waals surface area contributed by atoms with Crippen LogP contribution in [0, 0.1) is 17.1 Å². The van der Waals surface area contributed by atoms with Crippen molar-refractivity contribution in [1.29, 1.82) is 5.26 Å². The van der Waals surface area contributed by atoms with Gasteiger partial charge in [-0.15, -0.1) is 0 Å². The minimum atomic E-state index is -0.346. The Labute approximate surface area is 142 Å². The van der Waals surface area contributed by atoms with Crippen molar-refractivity contribution in [2.75, 3.05) is 5.32 Å². The second-order valence-corrected chi connectivity index (χ2v) is 6.03. The molecule has 1 N–H and O–H groups in total. The molecule has 0 fully saturated rings. The number of benzene rings is 2. The molecule has 4 nitrogen and oxygen atoms in total. The maximum atomic E-state index is 13.1. The summed E-state index contributed by atoms with van der Waals surface area (Å²) >= 11 is 1.25. The Balaban J connectivity index is 1.95. The Morgan fingerprint density at radius 1 is 1.17 bits per heavy atom. The minimum Gasteiger partial charge on any atom is -0.312 e. The number of nitrogens with one attached hydrogen (secondary N) is 1. The molecule has 0 aliphatic rings. The quantitative estimate of drug-likeness (QED) is 0.773. The van der Waals surface area contributed by atoms with Gasteiger partial charge in [0.15, 0.2) is 0 Å². The van der Waals surface area contributed by atoms with Crippen molar-refractivity contribution in [2.45, 2.75) is 6.42 Å². The number of hydrogen-bond acceptors (Lipinski definition) is 4. The molecule has 0 aliphatic heterocycles. The highest BCUT2D eigenvalue weighted by atomic mass is 32.1. The highest BCUT2D eigenvalue weighted by Gasteiger charge is 2.16. The third kappa shape index (κ3) is 3.47. The summed E-state index contributed by atoms with van der Waals surface area (Å²) in [6.07, 6.45) is 0.153. The molecule has 6 heteroatoms. The van der Waals surface area contributed by atoms with E-state index in [4.69, 9.17) is 5.26 Å². The molecule has 0 bridgehead atoms. The van der Waals surface area contributed by atoms with E-state index in [9.17, 15) is 9.18 Å². The number of rotatable bonds is 4. The lowest BCUT2D eigenvalue weighted by molar-refractivity contribution is 0.102. The van der Waals surface area contributed by atoms with Gasteiger partial charge in [-0.05, 0) is 36.4 Å². The van der Waals surface area contributed by atoms with Crippen molar-refractivity contribution >= 4 is 22.2 Å². The average molecular weight is 337 g/mol. The third-order valence-electron chi connectivity index (χ3n) is 3.28. The molecule has 0 radical (unpaired) electrons. The van der Waals surface area contributed by atoms with Gasteiger partial charge < -0.3 is 5.32 Å². The largest absolute Gasteiger partial charge is 0.312 e. The van der Waals surface area contributed by atoms with Gasteiger partial charge in [0.2, 0.25) is 0 Å². The molecular formula is C18H12FN3OS. The average Bonchev–Trinajstić information content (AvgIpc) is 2.99. The zero-order valence-corrected chi connectivity index (χ0v) is 13.3. The lowest BCUT2D eigenvalue weighted by Crippen LogP contribution is -2.11. The SMILES string of the molecule is N#CCc1nc(-c2ccc(F)cc2)c(NC(=O)c2ccccc2)s1. The van der Waals surface area contributed by atoms with Crippen LogP contribution in [0.25, 0.3) is 11.3 Å². The van der Waals surface area contributed by atoms with Gasteiger partial charge >= 0.3 is 0 Å². The van der Waals surface area contributed by atoms with Crippen LogP contribution in [0.15, 0.2) is 54.6 Å². The number of halogens is 1. The molecule has 0 saturated carbocycles. The van der Waals surface area contributed by atoms with Crippen molar-refractivity contribution in [3.05, 3.63) is 71.0 Å². The van der Waals surface area contributed by atoms with Gasteiger partial charge in [-0.2, -0.15) is 5.26 Å². The summed E-state index contributed by atoms with van der Waals surface area (Å²) in [6.45, 7) is 0. The van der Waals surface area contributed by atoms with E-state index in [2.05, 4.69) is 10.3 Å². The first-order chi connectivity index (χ1) is 11.7. The van der Waals surface area contributed by atoms with Gasteiger partial charge in [0, 0.05) is 11.1 Å². The number of thiazole rings is 1. The monoisotopic (exact) mass is 337 g/mol. The van der Waals surface area contributed by atoms with Crippen LogP contribution in [0.4, 0.5) is 9.39 Å². The summed E-state index contributed by atoms with van der Waals surface area (Å²) in [5.74, 6) is -0.604. The summed E-state index contributed by atoms with van der Waals surface area (Å²) in [7, 11) is 0. The maximum absolute atomic E-state index is 13.1. The van der Waals surface area contributed by atoms with Crippen LogP contribution in [0.1, 0.15) is 15.4 Å². The van der Waals surface area contributed by atoms with Crippen molar-refractivity contribution in [2.24, 2.45) is 0 Å². The summed E-state index contributed by atoms with van der Waals surface area (Å²) in [5.41, 5.74) is 1.74. The molecule has 0 aliphatic carbocycles. The number of anilines is 1. The lowest BCUT2D eigenvalue weighted by atomic mass is 10.1. The molecular weight excluding hydrogens is 325 g/mol. The maximum Gasteiger partial charge on any atom is 0.256 e. The highest BCUT2D eigenvalue weighted by molar-refractivity contribution is 7.16. The van der Waals surface area contributed by atoms with Crippen molar-refractivity contribution in [3.63, 3.8) is 0 Å². The third-order valence-corrected chi connectivity index (χ3v) is 4.25. The Bertz CT molecular complexity index is 898. The summed E-state index contributed by atoms with van der Waals surface area (Å²) in [5, 5.41) is 12.8. The number of hydrogen-bond donors (Lipinski definition) is 1. The lowest BCUT2D eigenvalue weighted by Gasteiger charge is -2.05. The van der Waals surface area contributed by atoms with E-state index in [1.54, 1.807) is 36.4 Å². The molecule has 1 heterocycles. The van der Waals surface area contributed by atoms with Crippen LogP contribution in [0.2, 0.25) is 0 Å². The zero-order valence-electron chi connectivity index (χ0n) is 12.5. The van der Waals surface area contributed by atoms with E-state index in [-0.39, 0.29) is 18.1 Å². The zero-order chi connectivity index (χ0) is 16.9. The molecule has 1 amide bonds. The second kappa shape index (κ2) is 7.02. The fourth-order valence-electron chi connectivity index (χ4n) is 2.16. The fraction of sp³-hybridized carbons (Fsp3) is 0.0556. The predicted molar refractivity (Wildman–Crippen MR) is 91.2 cm³/mol. The molecule has 2 aromatic carbocycles. The van der Waals surface area contributed by atoms with E-state index >= 15 is 0 Å². The summed E-state index contributed by atoms with van der Waals surface area (Å²) in [4.78, 5) is 16.8. The predicted octanol–water partition coefficient (Wildman–Crippen LogP) is 4.27. The second-order valence-electron chi connectivity index (χ2n) is 4.95. The first-order valence-electron chi connectivity index (χ1n) is 7.16. The van der Waals surface area contributed by atoms with Crippen molar-refractivity contribution < 1.29 is 9.18 Å². The van der Waals surface area contributed by atoms with E-state index < -0.39 is 0 Å². The van der Waals surface area contributed by atoms with Crippen LogP contribution in [-0.4, -0.2) is 10.9 Å². The minimum absolute atomic E-state index is 0.153. The van der Waals surface area contributed by atoms with Gasteiger partial charge in [0.25, 0.3) is 5.91 Å². The van der Waals surface area contributed by atoms with Crippen molar-refractivity contribution in [3.8, 4) is 17.3 Å². The summed E-state index contributed by atoms with van der Waals surface area (Å²) < 4.78 is 13.1. The van der Waals surface area contributed by atoms with Gasteiger partial charge in [0.1, 0.15) is 21.5 Å². The molecule has 3 rings (SSSR count). The van der Waals surface area contributed by atoms with Gasteiger partial charge in [-0.1, -0.05) is 29.5 Å². The number of aromatic nitrogens is 1. The van der Waals surface area contributed by atoms with E-state index in [0.29, 0.717) is 26.8 Å². The Morgan fingerprint density at radius 2 is 1.88 bits per heavy atom. The molecule has 3 aromatic rings. The van der Waals surface area contributed by atoms with Crippen LogP contribution >= 0.6 is 11.3 Å². The first kappa shape index (κ1) is 15.8. The summed E-state index contributed by atoms with van der Waals surface area (Å²) in [6, 6.07) is 16.7. The van der Waals surface area contributed by atoms with E-state index in [1.807, 2.05) is 12.1 Å². The molecule has 0 spiro atoms. The molecule has 1 aromatic heterocycles. The molecule has 0 saturated heterocycles. The topological polar surface area (TPSA) is 65.8 Å². The molecule has 118 valence electrons. The van der Waals surface area contributed by atoms with Crippen LogP contribution < -0.4 is 5.32 Å². The molecule has 24 heavy (non-hydrogen) atoms. The number of amides is 1. The Kier molecular flexibility index (Phi) is 4.64. The normalized spacial score (nSPS) is 10.2. The Morgan fingerprint density at radius 3 is 2.54 bits per heavy atom. The van der Waals surface area contributed by atoms with Crippen LogP contribution in [0.3, 0.4) is 0 Å². The fourth-order valence-corrected chi connectivity index (χ4v) is 3.07. The number of carbonyl (C=O) groups is 1. The van der Waals surface area contributed by atoms with Crippen molar-refractivity contribution in [1.82, 2.24) is 4.98 Å². The number of nitriles is 1. The Hall–Kier alpha value is -3.04. The smallest absolute Gasteiger partial charge is 0.256 e. The van der Waals surface area contributed by atoms with E-state index in [1.165, 1.54) is 23.5 Å². The number of nitrogens with zero attached hydrogens (tertiary/aromatic N) is 2. The number of carbonyl (C=O) groups excluding carboxylic acids is 1.